The summed E-state index contributed by atoms with van der Waals surface area (Å²) in [4.78, 5) is 60.0. The first-order valence-electron chi connectivity index (χ1n) is 11.7. The third-order valence-electron chi connectivity index (χ3n) is 6.18. The van der Waals surface area contributed by atoms with E-state index in [0.29, 0.717) is 5.57 Å². The van der Waals surface area contributed by atoms with Crippen LogP contribution >= 0.6 is 23.1 Å². The molecule has 3 aromatic rings. The van der Waals surface area contributed by atoms with E-state index in [1.807, 2.05) is 34.5 Å². The van der Waals surface area contributed by atoms with Crippen LogP contribution in [0.2, 0.25) is 0 Å². The van der Waals surface area contributed by atoms with Crippen LogP contribution in [-0.4, -0.2) is 67.2 Å². The van der Waals surface area contributed by atoms with E-state index in [2.05, 4.69) is 20.6 Å². The average Bonchev–Trinajstić information content (AvgIpc) is 3.55. The molecule has 5 rings (SSSR count). The predicted molar refractivity (Wildman–Crippen MR) is 139 cm³/mol. The van der Waals surface area contributed by atoms with Gasteiger partial charge in [0.15, 0.2) is 18.9 Å². The van der Waals surface area contributed by atoms with Gasteiger partial charge in [-0.3, -0.25) is 19.3 Å². The number of anilines is 1. The van der Waals surface area contributed by atoms with E-state index in [1.54, 1.807) is 11.3 Å². The number of fused-ring (bicyclic) bond motifs is 2. The highest BCUT2D eigenvalue weighted by Gasteiger charge is 2.53. The van der Waals surface area contributed by atoms with Crippen LogP contribution in [-0.2, 0) is 30.6 Å². The topological polar surface area (TPSA) is 223 Å². The number of carboxylic acid groups (broad SMARTS) is 1. The summed E-state index contributed by atoms with van der Waals surface area (Å²) in [6.07, 6.45) is 3.74. The lowest BCUT2D eigenvalue weighted by molar-refractivity contribution is -0.687. The van der Waals surface area contributed by atoms with Crippen LogP contribution in [0.25, 0.3) is 10.1 Å². The van der Waals surface area contributed by atoms with Crippen molar-refractivity contribution in [3.63, 3.8) is 0 Å². The van der Waals surface area contributed by atoms with Gasteiger partial charge in [-0.25, -0.2) is 0 Å². The molecule has 3 aromatic heterocycles. The Balaban J connectivity index is 1.36. The van der Waals surface area contributed by atoms with Crippen molar-refractivity contribution in [1.29, 1.82) is 0 Å². The number of carboxylic acids is 1. The van der Waals surface area contributed by atoms with E-state index in [1.165, 1.54) is 25.6 Å². The Morgan fingerprint density at radius 3 is 2.83 bits per heavy atom. The van der Waals surface area contributed by atoms with Crippen molar-refractivity contribution in [3.8, 4) is 0 Å². The zero-order valence-electron chi connectivity index (χ0n) is 21.0. The normalized spacial score (nSPS) is 19.3. The molecule has 0 radical (unpaired) electrons. The molecule has 2 aliphatic heterocycles. The fraction of sp³-hybridized carbons (Fsp3) is 0.304. The quantitative estimate of drug-likeness (QED) is 0.110. The van der Waals surface area contributed by atoms with Crippen LogP contribution in [0.1, 0.15) is 19.7 Å². The molecular formula is C23H22N8O7S2. The first-order valence-corrected chi connectivity index (χ1v) is 13.6. The minimum absolute atomic E-state index is 0.232. The number of hydrogen-bond donors (Lipinski definition) is 3. The number of aromatic nitrogens is 3. The number of thioether (sulfide) groups is 1. The molecule has 0 aromatic carbocycles. The second-order valence-corrected chi connectivity index (χ2v) is 11.4. The lowest BCUT2D eigenvalue weighted by Gasteiger charge is -2.50. The van der Waals surface area contributed by atoms with Gasteiger partial charge in [-0.1, -0.05) is 10.3 Å². The van der Waals surface area contributed by atoms with Gasteiger partial charge in [-0.05, 0) is 25.3 Å². The standard InChI is InChI=1S/C23H22N8O7S2/c1-23(2,21(24)36)38-28-13(16-27-22(25)37-29-16)17(32)26-14-18(33)31-15(20(34)35)11(9-40-19(14)31)7-30-5-3-10-4-6-39-12(10)8-30/h3-6,8,14,19H,7,9H2,1-2H3,(H5-,24,25,26,27,29,32,34,35,36)/b28-13-/t14?,19-/m1/s1. The molecule has 5 N–H and O–H groups in total. The summed E-state index contributed by atoms with van der Waals surface area (Å²) >= 11 is 2.84. The molecule has 2 aliphatic rings. The Morgan fingerprint density at radius 1 is 1.38 bits per heavy atom. The van der Waals surface area contributed by atoms with Gasteiger partial charge in [0.25, 0.3) is 17.7 Å². The van der Waals surface area contributed by atoms with E-state index < -0.39 is 46.4 Å². The highest BCUT2D eigenvalue weighted by Crippen LogP contribution is 2.40. The van der Waals surface area contributed by atoms with Gasteiger partial charge in [-0.15, -0.1) is 23.1 Å². The number of oxime groups is 1. The van der Waals surface area contributed by atoms with Crippen molar-refractivity contribution < 1.29 is 38.2 Å². The number of thiophene rings is 1. The van der Waals surface area contributed by atoms with Crippen LogP contribution in [0.4, 0.5) is 6.01 Å². The van der Waals surface area contributed by atoms with E-state index in [0.717, 1.165) is 15.0 Å². The number of β-lactam (4-membered cyclic amide) rings is 1. The highest BCUT2D eigenvalue weighted by molar-refractivity contribution is 8.00. The lowest BCUT2D eigenvalue weighted by atomic mass is 10.0. The van der Waals surface area contributed by atoms with Crippen LogP contribution in [0.15, 0.2) is 50.9 Å². The van der Waals surface area contributed by atoms with Gasteiger partial charge < -0.3 is 36.0 Å². The van der Waals surface area contributed by atoms with Crippen LogP contribution in [0, 0.1) is 0 Å². The van der Waals surface area contributed by atoms with Crippen molar-refractivity contribution in [2.45, 2.75) is 37.4 Å². The maximum Gasteiger partial charge on any atom is 0.319 e. The molecule has 208 valence electrons. The monoisotopic (exact) mass is 586 g/mol. The average molecular weight is 587 g/mol. The number of nitrogens with zero attached hydrogens (tertiary/aromatic N) is 5. The molecule has 0 aliphatic carbocycles. The van der Waals surface area contributed by atoms with E-state index in [9.17, 15) is 24.3 Å². The third kappa shape index (κ3) is 4.95. The number of nitrogens with one attached hydrogen (secondary N) is 1. The number of nitrogens with two attached hydrogens (primary N) is 2. The summed E-state index contributed by atoms with van der Waals surface area (Å²) in [5.41, 5.74) is 8.85. The Bertz CT molecular complexity index is 1610. The molecule has 1 saturated heterocycles. The second kappa shape index (κ2) is 10.2. The molecule has 40 heavy (non-hydrogen) atoms. The van der Waals surface area contributed by atoms with Gasteiger partial charge >= 0.3 is 6.01 Å². The number of nitrogen functional groups attached to an aromatic ring is 1. The van der Waals surface area contributed by atoms with E-state index in [4.69, 9.17) is 20.8 Å². The Kier molecular flexibility index (Phi) is 6.92. The smallest absolute Gasteiger partial charge is 0.319 e. The van der Waals surface area contributed by atoms with Gasteiger partial charge in [0.05, 0.1) is 16.4 Å². The zero-order valence-corrected chi connectivity index (χ0v) is 22.7. The molecule has 3 amide bonds. The number of aliphatic carboxylic acids is 1. The first-order chi connectivity index (χ1) is 19.0. The molecule has 0 bridgehead atoms. The Morgan fingerprint density at radius 2 is 2.15 bits per heavy atom. The summed E-state index contributed by atoms with van der Waals surface area (Å²) in [7, 11) is 0. The molecule has 1 fully saturated rings. The number of pyridine rings is 1. The largest absolute Gasteiger partial charge is 0.543 e. The van der Waals surface area contributed by atoms with Crippen molar-refractivity contribution in [3.05, 3.63) is 47.0 Å². The number of carbonyl (C=O) groups excluding carboxylic acids is 4. The molecule has 5 heterocycles. The predicted octanol–water partition coefficient (Wildman–Crippen LogP) is -1.76. The van der Waals surface area contributed by atoms with E-state index in [-0.39, 0.29) is 29.8 Å². The minimum atomic E-state index is -1.60. The summed E-state index contributed by atoms with van der Waals surface area (Å²) in [5.74, 6) is -4.07. The first kappa shape index (κ1) is 27.1. The van der Waals surface area contributed by atoms with Crippen molar-refractivity contribution in [2.75, 3.05) is 11.5 Å². The number of carbonyl (C=O) groups is 4. The summed E-state index contributed by atoms with van der Waals surface area (Å²) in [6.45, 7) is 2.89. The van der Waals surface area contributed by atoms with Gasteiger partial charge in [0, 0.05) is 22.8 Å². The molecule has 0 spiro atoms. The second-order valence-electron chi connectivity index (χ2n) is 9.32. The highest BCUT2D eigenvalue weighted by atomic mass is 32.2. The maximum absolute atomic E-state index is 13.1. The number of hydrogen-bond acceptors (Lipinski definition) is 13. The van der Waals surface area contributed by atoms with Crippen molar-refractivity contribution in [2.24, 2.45) is 10.9 Å². The fourth-order valence-corrected chi connectivity index (χ4v) is 6.15. The van der Waals surface area contributed by atoms with Gasteiger partial charge in [0.2, 0.25) is 17.1 Å². The van der Waals surface area contributed by atoms with Crippen LogP contribution in [0.3, 0.4) is 0 Å². The Hall–Kier alpha value is -4.51. The number of amides is 3. The van der Waals surface area contributed by atoms with E-state index >= 15 is 0 Å². The third-order valence-corrected chi connectivity index (χ3v) is 8.39. The zero-order chi connectivity index (χ0) is 28.8. The van der Waals surface area contributed by atoms with Crippen LogP contribution in [0.5, 0.6) is 0 Å². The minimum Gasteiger partial charge on any atom is -0.543 e. The SMILES string of the molecule is CC(C)(O/N=C(\C(=O)NC1C(=O)N2C(C(=O)[O-])=C(C[n+]3ccc4ccsc4c3)CS[C@H]12)c1noc(N)n1)C(N)=O. The maximum atomic E-state index is 13.1. The molecule has 15 nitrogen and oxygen atoms in total. The number of primary amides is 1. The molecule has 1 unspecified atom stereocenters. The summed E-state index contributed by atoms with van der Waals surface area (Å²) in [5, 5.41) is 24.2. The van der Waals surface area contributed by atoms with Gasteiger partial charge in [0.1, 0.15) is 11.4 Å². The summed E-state index contributed by atoms with van der Waals surface area (Å²) in [6, 6.07) is 2.43. The van der Waals surface area contributed by atoms with Crippen LogP contribution < -0.4 is 26.5 Å². The molecule has 17 heteroatoms. The van der Waals surface area contributed by atoms with Crippen molar-refractivity contribution >= 4 is 68.6 Å². The number of rotatable bonds is 9. The molecular weight excluding hydrogens is 564 g/mol. The fourth-order valence-electron chi connectivity index (χ4n) is 3.98. The van der Waals surface area contributed by atoms with Gasteiger partial charge in [-0.2, -0.15) is 9.55 Å². The lowest BCUT2D eigenvalue weighted by Crippen LogP contribution is -2.71. The Labute approximate surface area is 233 Å². The molecule has 0 saturated carbocycles. The molecule has 2 atom stereocenters. The summed E-state index contributed by atoms with van der Waals surface area (Å²) < 4.78 is 7.57. The van der Waals surface area contributed by atoms with Crippen molar-refractivity contribution in [1.82, 2.24) is 20.4 Å².